The molecule has 0 amide bonds. The van der Waals surface area contributed by atoms with Crippen molar-refractivity contribution in [1.29, 1.82) is 0 Å². The van der Waals surface area contributed by atoms with E-state index in [1.165, 1.54) is 18.6 Å². The van der Waals surface area contributed by atoms with Crippen LogP contribution in [0.5, 0.6) is 0 Å². The second kappa shape index (κ2) is 8.15. The zero-order valence-electron chi connectivity index (χ0n) is 17.5. The molecule has 0 spiro atoms. The topological polar surface area (TPSA) is 151 Å². The Morgan fingerprint density at radius 3 is 2.68 bits per heavy atom. The van der Waals surface area contributed by atoms with Crippen molar-refractivity contribution in [2.24, 2.45) is 7.05 Å². The van der Waals surface area contributed by atoms with Crippen molar-refractivity contribution in [3.05, 3.63) is 29.1 Å². The standard InChI is InChI=1S/C16H17ClN8O.C3H8O2/c1-24-22-15(21-23-24)8-2-3-10(4-8)25-7-18-13-12-11(5-9(6-26)19-12)14(17)20-16(13)25;1-3(2,4)5/h5,7-8,10,19,26H,2-4,6H2,1H3;4-5H,1-2H3/t8-,10+;/m1./s1. The van der Waals surface area contributed by atoms with E-state index in [4.69, 9.17) is 21.8 Å². The van der Waals surface area contributed by atoms with Crippen LogP contribution in [-0.2, 0) is 13.7 Å². The van der Waals surface area contributed by atoms with Gasteiger partial charge in [0, 0.05) is 23.0 Å². The van der Waals surface area contributed by atoms with Gasteiger partial charge in [0.1, 0.15) is 10.7 Å². The van der Waals surface area contributed by atoms with E-state index < -0.39 is 5.79 Å². The van der Waals surface area contributed by atoms with Gasteiger partial charge >= 0.3 is 0 Å². The number of nitrogens with one attached hydrogen (secondary N) is 1. The van der Waals surface area contributed by atoms with E-state index in [-0.39, 0.29) is 18.6 Å². The highest BCUT2D eigenvalue weighted by Crippen LogP contribution is 2.41. The number of aryl methyl sites for hydroxylation is 1. The number of aromatic nitrogens is 8. The maximum Gasteiger partial charge on any atom is 0.177 e. The van der Waals surface area contributed by atoms with Gasteiger partial charge < -0.3 is 24.9 Å². The number of aromatic amines is 1. The first-order chi connectivity index (χ1) is 14.6. The Morgan fingerprint density at radius 2 is 2.03 bits per heavy atom. The summed E-state index contributed by atoms with van der Waals surface area (Å²) >= 11 is 6.38. The van der Waals surface area contributed by atoms with E-state index in [1.807, 2.05) is 12.4 Å². The summed E-state index contributed by atoms with van der Waals surface area (Å²) in [5.74, 6) is -0.415. The molecule has 166 valence electrons. The van der Waals surface area contributed by atoms with Gasteiger partial charge in [-0.1, -0.05) is 11.6 Å². The second-order valence-electron chi connectivity index (χ2n) is 8.26. The monoisotopic (exact) mass is 448 g/mol. The number of H-pyrrole nitrogens is 1. The third-order valence-electron chi connectivity index (χ3n) is 5.16. The molecule has 1 aliphatic rings. The number of aliphatic hydroxyl groups excluding tert-OH is 1. The van der Waals surface area contributed by atoms with Gasteiger partial charge in [0.25, 0.3) is 0 Å². The smallest absolute Gasteiger partial charge is 0.177 e. The van der Waals surface area contributed by atoms with Crippen LogP contribution in [0.3, 0.4) is 0 Å². The van der Waals surface area contributed by atoms with Crippen LogP contribution in [0.4, 0.5) is 0 Å². The molecule has 1 fully saturated rings. The Hall–Kier alpha value is -2.60. The normalized spacial score (nSPS) is 19.2. The number of halogens is 1. The fourth-order valence-electron chi connectivity index (χ4n) is 3.91. The minimum Gasteiger partial charge on any atom is -0.390 e. The fraction of sp³-hybridized carbons (Fsp3) is 0.526. The molecule has 4 aromatic rings. The number of imidazole rings is 1. The number of rotatable bonds is 3. The van der Waals surface area contributed by atoms with E-state index in [0.717, 1.165) is 47.2 Å². The highest BCUT2D eigenvalue weighted by molar-refractivity contribution is 6.35. The Bertz CT molecular complexity index is 1200. The van der Waals surface area contributed by atoms with Crippen molar-refractivity contribution < 1.29 is 15.3 Å². The molecular weight excluding hydrogens is 424 g/mol. The highest BCUT2D eigenvalue weighted by Gasteiger charge is 2.31. The number of pyridine rings is 1. The van der Waals surface area contributed by atoms with Gasteiger partial charge in [-0.05, 0) is 44.4 Å². The summed E-state index contributed by atoms with van der Waals surface area (Å²) in [5.41, 5.74) is 3.03. The van der Waals surface area contributed by atoms with Crippen LogP contribution >= 0.6 is 11.6 Å². The van der Waals surface area contributed by atoms with E-state index in [1.54, 1.807) is 7.05 Å². The minimum absolute atomic E-state index is 0.0807. The molecule has 4 heterocycles. The maximum atomic E-state index is 9.38. The average Bonchev–Trinajstić information content (AvgIpc) is 3.44. The Labute approximate surface area is 182 Å². The van der Waals surface area contributed by atoms with Crippen LogP contribution in [0.15, 0.2) is 12.4 Å². The van der Waals surface area contributed by atoms with Gasteiger partial charge in [-0.2, -0.15) is 4.80 Å². The third-order valence-corrected chi connectivity index (χ3v) is 5.45. The zero-order chi connectivity index (χ0) is 22.3. The summed E-state index contributed by atoms with van der Waals surface area (Å²) in [4.78, 5) is 13.8. The highest BCUT2D eigenvalue weighted by atomic mass is 35.5. The van der Waals surface area contributed by atoms with Crippen LogP contribution < -0.4 is 0 Å². The van der Waals surface area contributed by atoms with Crippen molar-refractivity contribution in [3.8, 4) is 0 Å². The second-order valence-corrected chi connectivity index (χ2v) is 8.62. The number of nitrogens with zero attached hydrogens (tertiary/aromatic N) is 7. The number of hydrogen-bond donors (Lipinski definition) is 4. The average molecular weight is 449 g/mol. The first-order valence-corrected chi connectivity index (χ1v) is 10.3. The van der Waals surface area contributed by atoms with Crippen molar-refractivity contribution in [2.75, 3.05) is 0 Å². The molecule has 0 unspecified atom stereocenters. The fourth-order valence-corrected chi connectivity index (χ4v) is 4.14. The molecule has 1 saturated carbocycles. The zero-order valence-corrected chi connectivity index (χ0v) is 18.2. The van der Waals surface area contributed by atoms with Crippen LogP contribution in [-0.4, -0.2) is 60.8 Å². The molecular formula is C19H25ClN8O3. The lowest BCUT2D eigenvalue weighted by molar-refractivity contribution is -0.127. The summed E-state index contributed by atoms with van der Waals surface area (Å²) < 4.78 is 2.09. The Balaban J connectivity index is 0.000000418. The number of hydrogen-bond acceptors (Lipinski definition) is 8. The molecule has 4 N–H and O–H groups in total. The van der Waals surface area contributed by atoms with Gasteiger partial charge in [0.05, 0.1) is 25.5 Å². The lowest BCUT2D eigenvalue weighted by atomic mass is 10.1. The van der Waals surface area contributed by atoms with E-state index in [9.17, 15) is 5.11 Å². The molecule has 31 heavy (non-hydrogen) atoms. The molecule has 0 aliphatic heterocycles. The van der Waals surface area contributed by atoms with E-state index in [2.05, 4.69) is 34.9 Å². The van der Waals surface area contributed by atoms with E-state index >= 15 is 0 Å². The Kier molecular flexibility index (Phi) is 5.69. The quantitative estimate of drug-likeness (QED) is 0.273. The van der Waals surface area contributed by atoms with Crippen LogP contribution in [0.1, 0.15) is 56.6 Å². The number of fused-ring (bicyclic) bond motifs is 3. The minimum atomic E-state index is -1.50. The van der Waals surface area contributed by atoms with Crippen LogP contribution in [0.25, 0.3) is 22.1 Å². The molecule has 0 bridgehead atoms. The van der Waals surface area contributed by atoms with Crippen molar-refractivity contribution >= 4 is 33.7 Å². The number of tetrazole rings is 1. The molecule has 12 heteroatoms. The summed E-state index contributed by atoms with van der Waals surface area (Å²) in [6, 6.07) is 2.08. The van der Waals surface area contributed by atoms with Gasteiger partial charge in [-0.15, -0.1) is 10.2 Å². The summed E-state index contributed by atoms with van der Waals surface area (Å²) in [5, 5.41) is 39.2. The molecule has 5 rings (SSSR count). The van der Waals surface area contributed by atoms with Gasteiger partial charge in [-0.3, -0.25) is 0 Å². The number of aliphatic hydroxyl groups is 3. The van der Waals surface area contributed by atoms with Gasteiger partial charge in [0.2, 0.25) is 0 Å². The lowest BCUT2D eigenvalue weighted by Crippen LogP contribution is -2.15. The van der Waals surface area contributed by atoms with Gasteiger partial charge in [-0.25, -0.2) is 9.97 Å². The van der Waals surface area contributed by atoms with E-state index in [0.29, 0.717) is 10.8 Å². The molecule has 11 nitrogen and oxygen atoms in total. The Morgan fingerprint density at radius 1 is 1.29 bits per heavy atom. The lowest BCUT2D eigenvalue weighted by Gasteiger charge is -2.12. The molecule has 1 aliphatic carbocycles. The summed E-state index contributed by atoms with van der Waals surface area (Å²) in [7, 11) is 1.78. The predicted molar refractivity (Wildman–Crippen MR) is 113 cm³/mol. The summed E-state index contributed by atoms with van der Waals surface area (Å²) in [6.45, 7) is 2.52. The third kappa shape index (κ3) is 4.54. The molecule has 0 radical (unpaired) electrons. The van der Waals surface area contributed by atoms with Crippen molar-refractivity contribution in [3.63, 3.8) is 0 Å². The molecule has 0 aromatic carbocycles. The molecule has 4 aromatic heterocycles. The summed E-state index contributed by atoms with van der Waals surface area (Å²) in [6.07, 6.45) is 4.74. The first kappa shape index (κ1) is 21.6. The van der Waals surface area contributed by atoms with Crippen molar-refractivity contribution in [2.45, 2.75) is 57.5 Å². The molecule has 0 saturated heterocycles. The largest absolute Gasteiger partial charge is 0.390 e. The first-order valence-electron chi connectivity index (χ1n) is 9.97. The SMILES string of the molecule is CC(C)(O)O.Cn1nnc([C@@H]2CC[C@H](n3cnc4c5[nH]c(CO)cc5c(Cl)nc43)C2)n1. The van der Waals surface area contributed by atoms with Crippen LogP contribution in [0, 0.1) is 0 Å². The molecule has 2 atom stereocenters. The predicted octanol–water partition coefficient (Wildman–Crippen LogP) is 1.80. The van der Waals surface area contributed by atoms with Crippen molar-refractivity contribution in [1.82, 2.24) is 39.7 Å². The van der Waals surface area contributed by atoms with Crippen LogP contribution in [0.2, 0.25) is 5.15 Å². The van der Waals surface area contributed by atoms with Gasteiger partial charge in [0.15, 0.2) is 17.3 Å². The maximum absolute atomic E-state index is 9.38.